The molecule has 2 rings (SSSR count). The summed E-state index contributed by atoms with van der Waals surface area (Å²) in [6, 6.07) is 0. The van der Waals surface area contributed by atoms with Crippen LogP contribution >= 0.6 is 23.6 Å². The zero-order chi connectivity index (χ0) is 8.72. The standard InChI is InChI=1S/C5H4N4OS2/c6-4-7-2-1(3(10)9-4)12-5(11)8-2/h(H4,6,7,8,9,10,11). The molecule has 0 fully saturated rings. The van der Waals surface area contributed by atoms with E-state index in [1.54, 1.807) is 0 Å². The number of nitrogen functional groups attached to an aromatic ring is 1. The van der Waals surface area contributed by atoms with E-state index in [-0.39, 0.29) is 11.5 Å². The minimum absolute atomic E-state index is 0.0940. The molecule has 0 saturated heterocycles. The Kier molecular flexibility index (Phi) is 1.48. The summed E-state index contributed by atoms with van der Waals surface area (Å²) in [4.78, 5) is 20.2. The topological polar surface area (TPSA) is 87.6 Å². The number of nitrogens with two attached hydrogens (primary N) is 1. The lowest BCUT2D eigenvalue weighted by Crippen LogP contribution is -2.09. The molecule has 0 radical (unpaired) electrons. The number of rotatable bonds is 0. The third-order valence-corrected chi connectivity index (χ3v) is 2.53. The van der Waals surface area contributed by atoms with Gasteiger partial charge in [0.1, 0.15) is 4.70 Å². The fourth-order valence-electron chi connectivity index (χ4n) is 0.874. The van der Waals surface area contributed by atoms with E-state index < -0.39 is 0 Å². The molecule has 0 aromatic carbocycles. The van der Waals surface area contributed by atoms with Gasteiger partial charge in [-0.05, 0) is 12.2 Å². The van der Waals surface area contributed by atoms with Crippen molar-refractivity contribution in [2.24, 2.45) is 0 Å². The van der Waals surface area contributed by atoms with Crippen molar-refractivity contribution in [2.45, 2.75) is 0 Å². The summed E-state index contributed by atoms with van der Waals surface area (Å²) in [7, 11) is 0. The highest BCUT2D eigenvalue weighted by atomic mass is 32.1. The number of aromatic amines is 2. The Morgan fingerprint density at radius 3 is 3.00 bits per heavy atom. The third kappa shape index (κ3) is 1.03. The molecule has 0 unspecified atom stereocenters. The molecule has 4 N–H and O–H groups in total. The Morgan fingerprint density at radius 2 is 2.25 bits per heavy atom. The van der Waals surface area contributed by atoms with Crippen LogP contribution in [0.2, 0.25) is 0 Å². The summed E-state index contributed by atoms with van der Waals surface area (Å²) in [6.07, 6.45) is 0. The third-order valence-electron chi connectivity index (χ3n) is 1.31. The zero-order valence-electron chi connectivity index (χ0n) is 5.75. The molecule has 5 nitrogen and oxygen atoms in total. The fraction of sp³-hybridized carbons (Fsp3) is 0. The first-order valence-electron chi connectivity index (χ1n) is 3.05. The lowest BCUT2D eigenvalue weighted by molar-refractivity contribution is 1.17. The van der Waals surface area contributed by atoms with Gasteiger partial charge in [-0.3, -0.25) is 9.78 Å². The number of nitrogens with one attached hydrogen (secondary N) is 2. The molecule has 2 aromatic heterocycles. The summed E-state index contributed by atoms with van der Waals surface area (Å²) >= 11 is 6.03. The van der Waals surface area contributed by atoms with Crippen LogP contribution < -0.4 is 11.3 Å². The van der Waals surface area contributed by atoms with Crippen molar-refractivity contribution in [3.05, 3.63) is 14.3 Å². The number of H-pyrrole nitrogens is 2. The highest BCUT2D eigenvalue weighted by molar-refractivity contribution is 7.73. The van der Waals surface area contributed by atoms with Crippen molar-refractivity contribution in [1.29, 1.82) is 0 Å². The van der Waals surface area contributed by atoms with Gasteiger partial charge in [0, 0.05) is 0 Å². The van der Waals surface area contributed by atoms with Crippen molar-refractivity contribution >= 4 is 39.9 Å². The molecule has 0 aliphatic carbocycles. The quantitative estimate of drug-likeness (QED) is 0.544. The molecule has 0 spiro atoms. The van der Waals surface area contributed by atoms with Gasteiger partial charge in [0.05, 0.1) is 0 Å². The summed E-state index contributed by atoms with van der Waals surface area (Å²) in [5.41, 5.74) is 5.51. The second kappa shape index (κ2) is 2.39. The predicted molar refractivity (Wildman–Crippen MR) is 49.8 cm³/mol. The van der Waals surface area contributed by atoms with Crippen LogP contribution in [0.25, 0.3) is 10.3 Å². The van der Waals surface area contributed by atoms with E-state index in [4.69, 9.17) is 18.0 Å². The lowest BCUT2D eigenvalue weighted by Gasteiger charge is -1.89. The van der Waals surface area contributed by atoms with Gasteiger partial charge >= 0.3 is 0 Å². The normalized spacial score (nSPS) is 10.7. The SMILES string of the molecule is Nc1nc2[nH]c(=S)sc2c(=O)[nH]1. The summed E-state index contributed by atoms with van der Waals surface area (Å²) in [6.45, 7) is 0. The number of nitrogens with zero attached hydrogens (tertiary/aromatic N) is 1. The Morgan fingerprint density at radius 1 is 1.50 bits per heavy atom. The number of fused-ring (bicyclic) bond motifs is 1. The van der Waals surface area contributed by atoms with Crippen LogP contribution in [0.15, 0.2) is 4.79 Å². The maximum atomic E-state index is 11.2. The molecule has 12 heavy (non-hydrogen) atoms. The highest BCUT2D eigenvalue weighted by Gasteiger charge is 2.03. The van der Waals surface area contributed by atoms with Gasteiger partial charge in [0.2, 0.25) is 5.95 Å². The average molecular weight is 200 g/mol. The Bertz CT molecular complexity index is 536. The second-order valence-electron chi connectivity index (χ2n) is 2.14. The molecular weight excluding hydrogens is 196 g/mol. The average Bonchev–Trinajstić information content (AvgIpc) is 2.29. The minimum Gasteiger partial charge on any atom is -0.369 e. The molecule has 0 bridgehead atoms. The van der Waals surface area contributed by atoms with Gasteiger partial charge in [-0.15, -0.1) is 0 Å². The summed E-state index contributed by atoms with van der Waals surface area (Å²) in [5, 5.41) is 0. The van der Waals surface area contributed by atoms with E-state index in [0.717, 1.165) is 0 Å². The molecule has 0 aliphatic heterocycles. The molecule has 0 aliphatic rings. The number of anilines is 1. The van der Waals surface area contributed by atoms with Crippen LogP contribution in [-0.2, 0) is 0 Å². The van der Waals surface area contributed by atoms with Crippen molar-refractivity contribution in [1.82, 2.24) is 15.0 Å². The summed E-state index contributed by atoms with van der Waals surface area (Å²) < 4.78 is 1.00. The first-order valence-corrected chi connectivity index (χ1v) is 4.28. The van der Waals surface area contributed by atoms with E-state index in [2.05, 4.69) is 15.0 Å². The van der Waals surface area contributed by atoms with E-state index >= 15 is 0 Å². The van der Waals surface area contributed by atoms with Crippen LogP contribution in [0.4, 0.5) is 5.95 Å². The van der Waals surface area contributed by atoms with Gasteiger partial charge < -0.3 is 10.7 Å². The maximum absolute atomic E-state index is 11.2. The van der Waals surface area contributed by atoms with E-state index in [9.17, 15) is 4.79 Å². The zero-order valence-corrected chi connectivity index (χ0v) is 7.38. The smallest absolute Gasteiger partial charge is 0.271 e. The largest absolute Gasteiger partial charge is 0.369 e. The summed E-state index contributed by atoms with van der Waals surface area (Å²) in [5.74, 6) is 0.0940. The number of hydrogen-bond acceptors (Lipinski definition) is 5. The number of aromatic nitrogens is 3. The molecule has 62 valence electrons. The first kappa shape index (κ1) is 7.44. The van der Waals surface area contributed by atoms with Gasteiger partial charge in [-0.25, -0.2) is 0 Å². The van der Waals surface area contributed by atoms with Crippen molar-refractivity contribution in [3.63, 3.8) is 0 Å². The Hall–Kier alpha value is -1.21. The molecule has 0 saturated carbocycles. The first-order chi connectivity index (χ1) is 5.66. The molecule has 2 heterocycles. The van der Waals surface area contributed by atoms with Gasteiger partial charge in [0.25, 0.3) is 5.56 Å². The number of thiazole rings is 1. The van der Waals surface area contributed by atoms with Crippen LogP contribution in [0.5, 0.6) is 0 Å². The van der Waals surface area contributed by atoms with Crippen LogP contribution in [-0.4, -0.2) is 15.0 Å². The molecule has 2 aromatic rings. The maximum Gasteiger partial charge on any atom is 0.271 e. The second-order valence-corrected chi connectivity index (χ2v) is 3.83. The molecule has 7 heteroatoms. The van der Waals surface area contributed by atoms with Crippen molar-refractivity contribution in [3.8, 4) is 0 Å². The van der Waals surface area contributed by atoms with Crippen LogP contribution in [0.3, 0.4) is 0 Å². The molecular formula is C5H4N4OS2. The van der Waals surface area contributed by atoms with Crippen LogP contribution in [0.1, 0.15) is 0 Å². The lowest BCUT2D eigenvalue weighted by atomic mass is 10.6. The molecule has 0 amide bonds. The van der Waals surface area contributed by atoms with Gasteiger partial charge in [-0.1, -0.05) is 11.3 Å². The predicted octanol–water partition coefficient (Wildman–Crippen LogP) is 0.624. The number of hydrogen-bond donors (Lipinski definition) is 3. The van der Waals surface area contributed by atoms with E-state index in [1.165, 1.54) is 11.3 Å². The van der Waals surface area contributed by atoms with Gasteiger partial charge in [-0.2, -0.15) is 4.98 Å². The monoisotopic (exact) mass is 200 g/mol. The van der Waals surface area contributed by atoms with Crippen LogP contribution in [0, 0.1) is 3.95 Å². The van der Waals surface area contributed by atoms with Gasteiger partial charge in [0.15, 0.2) is 9.60 Å². The fourth-order valence-corrected chi connectivity index (χ4v) is 1.89. The van der Waals surface area contributed by atoms with Crippen molar-refractivity contribution in [2.75, 3.05) is 5.73 Å². The molecule has 0 atom stereocenters. The van der Waals surface area contributed by atoms with E-state index in [1.807, 2.05) is 0 Å². The Balaban J connectivity index is 3.08. The van der Waals surface area contributed by atoms with Crippen molar-refractivity contribution < 1.29 is 0 Å². The Labute approximate surface area is 75.3 Å². The highest BCUT2D eigenvalue weighted by Crippen LogP contribution is 2.12. The minimum atomic E-state index is -0.255. The van der Waals surface area contributed by atoms with E-state index in [0.29, 0.717) is 14.3 Å².